The number of aryl methyl sites for hydroxylation is 1. The molecule has 2 aromatic carbocycles. The van der Waals surface area contributed by atoms with Gasteiger partial charge in [-0.2, -0.15) is 0 Å². The van der Waals surface area contributed by atoms with Crippen LogP contribution in [-0.4, -0.2) is 12.4 Å². The van der Waals surface area contributed by atoms with Crippen LogP contribution >= 0.6 is 23.4 Å². The van der Waals surface area contributed by atoms with Crippen molar-refractivity contribution in [2.24, 2.45) is 0 Å². The molecule has 0 amide bonds. The van der Waals surface area contributed by atoms with Crippen molar-refractivity contribution >= 4 is 23.4 Å². The number of ether oxygens (including phenoxy) is 1. The van der Waals surface area contributed by atoms with Crippen LogP contribution in [-0.2, 0) is 0 Å². The molecule has 0 atom stereocenters. The Bertz CT molecular complexity index is 431. The zero-order valence-electron chi connectivity index (χ0n) is 10.2. The molecule has 0 aliphatic rings. The van der Waals surface area contributed by atoms with Crippen LogP contribution in [0.5, 0.6) is 5.75 Å². The summed E-state index contributed by atoms with van der Waals surface area (Å²) in [5, 5.41) is 0.773. The molecular weight excluding hydrogens is 264 g/mol. The van der Waals surface area contributed by atoms with Crippen LogP contribution < -0.4 is 4.74 Å². The predicted octanol–water partition coefficient (Wildman–Crippen LogP) is 4.82. The average Bonchev–Trinajstić information content (AvgIpc) is 2.39. The smallest absolute Gasteiger partial charge is 0.119 e. The van der Waals surface area contributed by atoms with Gasteiger partial charge >= 0.3 is 0 Å². The molecule has 0 bridgehead atoms. The van der Waals surface area contributed by atoms with Crippen molar-refractivity contribution in [3.05, 3.63) is 59.1 Å². The van der Waals surface area contributed by atoms with Crippen molar-refractivity contribution in [3.63, 3.8) is 0 Å². The molecule has 18 heavy (non-hydrogen) atoms. The molecule has 94 valence electrons. The fourth-order valence-electron chi connectivity index (χ4n) is 1.48. The molecule has 0 saturated heterocycles. The number of rotatable bonds is 5. The first-order valence-electron chi connectivity index (χ1n) is 5.82. The summed E-state index contributed by atoms with van der Waals surface area (Å²) >= 11 is 7.60. The van der Waals surface area contributed by atoms with E-state index in [1.54, 1.807) is 11.8 Å². The van der Waals surface area contributed by atoms with Gasteiger partial charge in [0.15, 0.2) is 0 Å². The number of halogens is 1. The van der Waals surface area contributed by atoms with E-state index in [2.05, 4.69) is 19.1 Å². The van der Waals surface area contributed by atoms with Crippen LogP contribution in [0.25, 0.3) is 0 Å². The first-order valence-corrected chi connectivity index (χ1v) is 7.18. The summed E-state index contributed by atoms with van der Waals surface area (Å²) in [4.78, 5) is 1.21. The zero-order valence-corrected chi connectivity index (χ0v) is 11.8. The van der Waals surface area contributed by atoms with Crippen LogP contribution in [0.15, 0.2) is 53.4 Å². The van der Waals surface area contributed by atoms with Crippen molar-refractivity contribution in [1.29, 1.82) is 0 Å². The summed E-state index contributed by atoms with van der Waals surface area (Å²) in [6, 6.07) is 16.0. The highest BCUT2D eigenvalue weighted by molar-refractivity contribution is 7.99. The van der Waals surface area contributed by atoms with Gasteiger partial charge in [0.05, 0.1) is 6.61 Å². The minimum Gasteiger partial charge on any atom is -0.493 e. The molecule has 0 heterocycles. The van der Waals surface area contributed by atoms with Crippen LogP contribution in [0.2, 0.25) is 5.02 Å². The van der Waals surface area contributed by atoms with E-state index in [4.69, 9.17) is 16.3 Å². The Balaban J connectivity index is 1.73. The Kier molecular flexibility index (Phi) is 4.97. The molecule has 2 rings (SSSR count). The Morgan fingerprint density at radius 1 is 1.00 bits per heavy atom. The SMILES string of the molecule is Cc1ccc(OCCSc2ccc(Cl)cc2)cc1. The molecule has 0 aliphatic carbocycles. The maximum atomic E-state index is 5.83. The second kappa shape index (κ2) is 6.72. The van der Waals surface area contributed by atoms with Crippen molar-refractivity contribution in [2.75, 3.05) is 12.4 Å². The molecule has 0 fully saturated rings. The standard InChI is InChI=1S/C15H15ClOS/c1-12-2-6-14(7-3-12)17-10-11-18-15-8-4-13(16)5-9-15/h2-9H,10-11H2,1H3. The van der Waals surface area contributed by atoms with Crippen LogP contribution in [0.3, 0.4) is 0 Å². The lowest BCUT2D eigenvalue weighted by Crippen LogP contribution is -1.99. The third-order valence-corrected chi connectivity index (χ3v) is 3.68. The lowest BCUT2D eigenvalue weighted by Gasteiger charge is -2.06. The van der Waals surface area contributed by atoms with Gasteiger partial charge in [0.25, 0.3) is 0 Å². The summed E-state index contributed by atoms with van der Waals surface area (Å²) < 4.78 is 5.66. The van der Waals surface area contributed by atoms with E-state index in [0.717, 1.165) is 16.5 Å². The third-order valence-electron chi connectivity index (χ3n) is 2.46. The lowest BCUT2D eigenvalue weighted by molar-refractivity contribution is 0.344. The first-order chi connectivity index (χ1) is 8.74. The minimum absolute atomic E-state index is 0.705. The molecule has 0 saturated carbocycles. The quantitative estimate of drug-likeness (QED) is 0.573. The summed E-state index contributed by atoms with van der Waals surface area (Å²) in [6.07, 6.45) is 0. The fraction of sp³-hybridized carbons (Fsp3) is 0.200. The topological polar surface area (TPSA) is 9.23 Å². The van der Waals surface area contributed by atoms with Gasteiger partial charge in [-0.25, -0.2) is 0 Å². The van der Waals surface area contributed by atoms with Crippen LogP contribution in [0.1, 0.15) is 5.56 Å². The zero-order chi connectivity index (χ0) is 12.8. The Hall–Kier alpha value is -1.12. The molecule has 0 aromatic heterocycles. The highest BCUT2D eigenvalue weighted by Crippen LogP contribution is 2.20. The van der Waals surface area contributed by atoms with Gasteiger partial charge in [0.2, 0.25) is 0 Å². The van der Waals surface area contributed by atoms with E-state index in [-0.39, 0.29) is 0 Å². The maximum absolute atomic E-state index is 5.83. The van der Waals surface area contributed by atoms with E-state index in [1.807, 2.05) is 36.4 Å². The van der Waals surface area contributed by atoms with Crippen LogP contribution in [0, 0.1) is 6.92 Å². The first kappa shape index (κ1) is 13.3. The molecule has 1 nitrogen and oxygen atoms in total. The van der Waals surface area contributed by atoms with Gasteiger partial charge in [0, 0.05) is 15.7 Å². The van der Waals surface area contributed by atoms with Gasteiger partial charge in [-0.05, 0) is 43.3 Å². The van der Waals surface area contributed by atoms with E-state index in [0.29, 0.717) is 6.61 Å². The second-order valence-electron chi connectivity index (χ2n) is 3.96. The van der Waals surface area contributed by atoms with Crippen molar-refractivity contribution in [2.45, 2.75) is 11.8 Å². The molecule has 2 aromatic rings. The minimum atomic E-state index is 0.705. The van der Waals surface area contributed by atoms with Gasteiger partial charge < -0.3 is 4.74 Å². The molecule has 0 radical (unpaired) electrons. The van der Waals surface area contributed by atoms with Crippen molar-refractivity contribution in [1.82, 2.24) is 0 Å². The highest BCUT2D eigenvalue weighted by atomic mass is 35.5. The van der Waals surface area contributed by atoms with E-state index >= 15 is 0 Å². The Labute approximate surface area is 117 Å². The number of benzene rings is 2. The number of hydrogen-bond acceptors (Lipinski definition) is 2. The normalized spacial score (nSPS) is 10.3. The highest BCUT2D eigenvalue weighted by Gasteiger charge is 1.96. The molecule has 0 aliphatic heterocycles. The van der Waals surface area contributed by atoms with Crippen molar-refractivity contribution < 1.29 is 4.74 Å². The average molecular weight is 279 g/mol. The monoisotopic (exact) mass is 278 g/mol. The van der Waals surface area contributed by atoms with Gasteiger partial charge in [-0.1, -0.05) is 29.3 Å². The van der Waals surface area contributed by atoms with Crippen molar-refractivity contribution in [3.8, 4) is 5.75 Å². The van der Waals surface area contributed by atoms with Crippen LogP contribution in [0.4, 0.5) is 0 Å². The molecule has 3 heteroatoms. The number of hydrogen-bond donors (Lipinski definition) is 0. The van der Waals surface area contributed by atoms with Gasteiger partial charge in [-0.3, -0.25) is 0 Å². The Morgan fingerprint density at radius 2 is 1.67 bits per heavy atom. The summed E-state index contributed by atoms with van der Waals surface area (Å²) in [5.41, 5.74) is 1.25. The lowest BCUT2D eigenvalue weighted by atomic mass is 10.2. The van der Waals surface area contributed by atoms with Gasteiger partial charge in [-0.15, -0.1) is 11.8 Å². The molecule has 0 unspecified atom stereocenters. The second-order valence-corrected chi connectivity index (χ2v) is 5.57. The summed E-state index contributed by atoms with van der Waals surface area (Å²) in [5.74, 6) is 1.85. The fourth-order valence-corrected chi connectivity index (χ4v) is 2.34. The maximum Gasteiger partial charge on any atom is 0.119 e. The molecular formula is C15H15ClOS. The van der Waals surface area contributed by atoms with E-state index in [9.17, 15) is 0 Å². The summed E-state index contributed by atoms with van der Waals surface area (Å²) in [6.45, 7) is 2.77. The predicted molar refractivity (Wildman–Crippen MR) is 78.9 cm³/mol. The largest absolute Gasteiger partial charge is 0.493 e. The van der Waals surface area contributed by atoms with E-state index < -0.39 is 0 Å². The van der Waals surface area contributed by atoms with E-state index in [1.165, 1.54) is 10.5 Å². The molecule has 0 N–H and O–H groups in total. The summed E-state index contributed by atoms with van der Waals surface area (Å²) in [7, 11) is 0. The third kappa shape index (κ3) is 4.28. The van der Waals surface area contributed by atoms with Gasteiger partial charge in [0.1, 0.15) is 5.75 Å². The molecule has 0 spiro atoms. The number of thioether (sulfide) groups is 1. The Morgan fingerprint density at radius 3 is 2.33 bits per heavy atom.